The maximum atomic E-state index is 6.03. The third-order valence-electron chi connectivity index (χ3n) is 1.90. The minimum absolute atomic E-state index is 0.297. The molecule has 0 radical (unpaired) electrons. The number of rotatable bonds is 2. The number of nitrogens with zero attached hydrogens (tertiary/aromatic N) is 3. The highest BCUT2D eigenvalue weighted by Gasteiger charge is 2.07. The molecule has 4 nitrogen and oxygen atoms in total. The van der Waals surface area contributed by atoms with Crippen LogP contribution >= 0.6 is 23.2 Å². The third-order valence-corrected chi connectivity index (χ3v) is 2.71. The molecule has 2 N–H and O–H groups in total. The lowest BCUT2D eigenvalue weighted by Gasteiger charge is -2.03. The molecule has 15 heavy (non-hydrogen) atoms. The number of aromatic nitrogens is 3. The summed E-state index contributed by atoms with van der Waals surface area (Å²) in [5.74, 6) is 0.561. The van der Waals surface area contributed by atoms with Crippen LogP contribution in [0.2, 0.25) is 10.0 Å². The van der Waals surface area contributed by atoms with Crippen molar-refractivity contribution >= 4 is 23.2 Å². The number of benzene rings is 1. The van der Waals surface area contributed by atoms with Crippen LogP contribution in [0.5, 0.6) is 0 Å². The summed E-state index contributed by atoms with van der Waals surface area (Å²) in [6, 6.07) is 5.32. The molecule has 0 bridgehead atoms. The summed E-state index contributed by atoms with van der Waals surface area (Å²) in [4.78, 5) is 4.01. The van der Waals surface area contributed by atoms with E-state index < -0.39 is 0 Å². The summed E-state index contributed by atoms with van der Waals surface area (Å²) in [6.45, 7) is 0.297. The van der Waals surface area contributed by atoms with Crippen molar-refractivity contribution in [3.8, 4) is 5.69 Å². The lowest BCUT2D eigenvalue weighted by atomic mass is 10.3. The van der Waals surface area contributed by atoms with Gasteiger partial charge in [-0.25, -0.2) is 9.67 Å². The molecule has 0 aliphatic carbocycles. The van der Waals surface area contributed by atoms with Gasteiger partial charge in [0.25, 0.3) is 0 Å². The lowest BCUT2D eigenvalue weighted by Crippen LogP contribution is -2.01. The largest absolute Gasteiger partial charge is 0.324 e. The first-order valence-corrected chi connectivity index (χ1v) is 5.03. The van der Waals surface area contributed by atoms with Crippen LogP contribution in [0, 0.1) is 0 Å². The van der Waals surface area contributed by atoms with Gasteiger partial charge in [-0.2, -0.15) is 0 Å². The van der Waals surface area contributed by atoms with Gasteiger partial charge < -0.3 is 5.73 Å². The molecule has 0 saturated carbocycles. The van der Waals surface area contributed by atoms with Crippen LogP contribution in [-0.2, 0) is 6.54 Å². The second-order valence-electron chi connectivity index (χ2n) is 2.88. The van der Waals surface area contributed by atoms with Gasteiger partial charge in [0.1, 0.15) is 6.33 Å². The van der Waals surface area contributed by atoms with Crippen molar-refractivity contribution in [2.75, 3.05) is 0 Å². The van der Waals surface area contributed by atoms with Crippen LogP contribution in [0.15, 0.2) is 24.5 Å². The number of nitrogens with two attached hydrogens (primary N) is 1. The van der Waals surface area contributed by atoms with E-state index in [2.05, 4.69) is 10.1 Å². The molecule has 0 aliphatic heterocycles. The molecular weight excluding hydrogens is 235 g/mol. The number of hydrogen-bond donors (Lipinski definition) is 1. The van der Waals surface area contributed by atoms with Gasteiger partial charge >= 0.3 is 0 Å². The van der Waals surface area contributed by atoms with Gasteiger partial charge in [0.2, 0.25) is 0 Å². The standard InChI is InChI=1S/C9H8Cl2N4/c10-6-2-1-3-7(9(6)11)15-5-13-8(4-12)14-15/h1-3,5H,4,12H2. The Hall–Kier alpha value is -1.10. The van der Waals surface area contributed by atoms with E-state index in [1.807, 2.05) is 6.07 Å². The van der Waals surface area contributed by atoms with Crippen molar-refractivity contribution in [3.63, 3.8) is 0 Å². The first kappa shape index (κ1) is 10.4. The van der Waals surface area contributed by atoms with Crippen molar-refractivity contribution in [2.45, 2.75) is 6.54 Å². The molecule has 1 heterocycles. The summed E-state index contributed by atoms with van der Waals surface area (Å²) >= 11 is 11.9. The van der Waals surface area contributed by atoms with Crippen molar-refractivity contribution in [3.05, 3.63) is 40.4 Å². The molecule has 78 valence electrons. The van der Waals surface area contributed by atoms with Gasteiger partial charge in [-0.1, -0.05) is 29.3 Å². The zero-order valence-electron chi connectivity index (χ0n) is 7.69. The van der Waals surface area contributed by atoms with Crippen LogP contribution in [0.4, 0.5) is 0 Å². The van der Waals surface area contributed by atoms with Crippen LogP contribution in [0.25, 0.3) is 5.69 Å². The first-order valence-electron chi connectivity index (χ1n) is 4.27. The molecular formula is C9H8Cl2N4. The summed E-state index contributed by atoms with van der Waals surface area (Å²) in [5, 5.41) is 5.08. The average molecular weight is 243 g/mol. The Morgan fingerprint density at radius 1 is 1.33 bits per heavy atom. The molecule has 0 spiro atoms. The Morgan fingerprint density at radius 3 is 2.80 bits per heavy atom. The van der Waals surface area contributed by atoms with Gasteiger partial charge in [0.05, 0.1) is 22.3 Å². The van der Waals surface area contributed by atoms with Crippen LogP contribution in [0.1, 0.15) is 5.82 Å². The Morgan fingerprint density at radius 2 is 2.13 bits per heavy atom. The summed E-state index contributed by atoms with van der Waals surface area (Å²) in [7, 11) is 0. The van der Waals surface area contributed by atoms with Gasteiger partial charge in [0.15, 0.2) is 5.82 Å². The fourth-order valence-corrected chi connectivity index (χ4v) is 1.56. The molecule has 0 fully saturated rings. The molecule has 2 rings (SSSR count). The molecule has 2 aromatic rings. The van der Waals surface area contributed by atoms with E-state index in [4.69, 9.17) is 28.9 Å². The average Bonchev–Trinajstić information content (AvgIpc) is 2.70. The van der Waals surface area contributed by atoms with Gasteiger partial charge in [-0.3, -0.25) is 0 Å². The molecule has 0 amide bonds. The highest BCUT2D eigenvalue weighted by molar-refractivity contribution is 6.43. The van der Waals surface area contributed by atoms with Crippen molar-refractivity contribution in [2.24, 2.45) is 5.73 Å². The Labute approximate surface area is 96.6 Å². The normalized spacial score (nSPS) is 10.6. The molecule has 0 unspecified atom stereocenters. The monoisotopic (exact) mass is 242 g/mol. The maximum absolute atomic E-state index is 6.03. The van der Waals surface area contributed by atoms with E-state index in [1.165, 1.54) is 0 Å². The Bertz CT molecular complexity index is 481. The van der Waals surface area contributed by atoms with Crippen LogP contribution < -0.4 is 5.73 Å². The third kappa shape index (κ3) is 1.97. The molecule has 1 aromatic heterocycles. The second kappa shape index (κ2) is 4.18. The van der Waals surface area contributed by atoms with E-state index in [0.29, 0.717) is 28.1 Å². The highest BCUT2D eigenvalue weighted by atomic mass is 35.5. The SMILES string of the molecule is NCc1ncn(-c2cccc(Cl)c2Cl)n1. The van der Waals surface area contributed by atoms with Gasteiger partial charge in [-0.05, 0) is 12.1 Å². The van der Waals surface area contributed by atoms with Crippen molar-refractivity contribution in [1.82, 2.24) is 14.8 Å². The van der Waals surface area contributed by atoms with E-state index in [0.717, 1.165) is 0 Å². The second-order valence-corrected chi connectivity index (χ2v) is 3.67. The van der Waals surface area contributed by atoms with Crippen molar-refractivity contribution < 1.29 is 0 Å². The summed E-state index contributed by atoms with van der Waals surface area (Å²) in [6.07, 6.45) is 1.56. The van der Waals surface area contributed by atoms with Crippen LogP contribution in [0.3, 0.4) is 0 Å². The minimum Gasteiger partial charge on any atom is -0.324 e. The zero-order valence-corrected chi connectivity index (χ0v) is 9.20. The molecule has 0 aliphatic rings. The maximum Gasteiger partial charge on any atom is 0.164 e. The first-order chi connectivity index (χ1) is 7.22. The fourth-order valence-electron chi connectivity index (χ4n) is 1.18. The number of hydrogen-bond acceptors (Lipinski definition) is 3. The number of halogens is 2. The van der Waals surface area contributed by atoms with Gasteiger partial charge in [-0.15, -0.1) is 5.10 Å². The summed E-state index contributed by atoms with van der Waals surface area (Å²) < 4.78 is 1.55. The van der Waals surface area contributed by atoms with E-state index in [1.54, 1.807) is 23.1 Å². The lowest BCUT2D eigenvalue weighted by molar-refractivity contribution is 0.831. The Balaban J connectivity index is 2.49. The van der Waals surface area contributed by atoms with E-state index in [9.17, 15) is 0 Å². The predicted molar refractivity (Wildman–Crippen MR) is 59.3 cm³/mol. The van der Waals surface area contributed by atoms with Crippen LogP contribution in [-0.4, -0.2) is 14.8 Å². The predicted octanol–water partition coefficient (Wildman–Crippen LogP) is 2.03. The van der Waals surface area contributed by atoms with Crippen molar-refractivity contribution in [1.29, 1.82) is 0 Å². The summed E-state index contributed by atoms with van der Waals surface area (Å²) in [5.41, 5.74) is 6.10. The quantitative estimate of drug-likeness (QED) is 0.877. The van der Waals surface area contributed by atoms with E-state index in [-0.39, 0.29) is 0 Å². The topological polar surface area (TPSA) is 56.7 Å². The van der Waals surface area contributed by atoms with E-state index >= 15 is 0 Å². The molecule has 6 heteroatoms. The highest BCUT2D eigenvalue weighted by Crippen LogP contribution is 2.27. The molecule has 0 atom stereocenters. The molecule has 0 saturated heterocycles. The zero-order chi connectivity index (χ0) is 10.8. The fraction of sp³-hybridized carbons (Fsp3) is 0.111. The minimum atomic E-state index is 0.297. The smallest absolute Gasteiger partial charge is 0.164 e. The Kier molecular flexibility index (Phi) is 2.90. The van der Waals surface area contributed by atoms with Gasteiger partial charge in [0, 0.05) is 0 Å². The molecule has 1 aromatic carbocycles.